The van der Waals surface area contributed by atoms with Gasteiger partial charge in [-0.3, -0.25) is 24.5 Å². The van der Waals surface area contributed by atoms with Crippen LogP contribution in [0.2, 0.25) is 0 Å². The van der Waals surface area contributed by atoms with Gasteiger partial charge in [0.25, 0.3) is 0 Å². The summed E-state index contributed by atoms with van der Waals surface area (Å²) in [6.07, 6.45) is -2.34. The molecule has 0 saturated carbocycles. The molecular weight excluding hydrogens is 370 g/mol. The fraction of sp³-hybridized carbons (Fsp3) is 0.600. The Kier molecular flexibility index (Phi) is 29.3. The third-order valence-electron chi connectivity index (χ3n) is 2.63. The Labute approximate surface area is 189 Å². The fourth-order valence-electron chi connectivity index (χ4n) is 1.76. The van der Waals surface area contributed by atoms with Gasteiger partial charge in [-0.1, -0.05) is 0 Å². The molecule has 0 aromatic rings. The van der Waals surface area contributed by atoms with Crippen molar-refractivity contribution in [1.82, 2.24) is 5.32 Å². The van der Waals surface area contributed by atoms with Crippen molar-refractivity contribution in [3.63, 3.8) is 0 Å². The van der Waals surface area contributed by atoms with Crippen LogP contribution in [0.4, 0.5) is 0 Å². The van der Waals surface area contributed by atoms with E-state index in [4.69, 9.17) is 26.2 Å². The number of aliphatic carboxylic acids is 4. The van der Waals surface area contributed by atoms with Crippen LogP contribution in [0.1, 0.15) is 22.1 Å². The Morgan fingerprint density at radius 2 is 1.20 bits per heavy atom. The number of nitrogens with two attached hydrogens (primary N) is 1. The van der Waals surface area contributed by atoms with Crippen molar-refractivity contribution in [2.75, 3.05) is 6.54 Å². The Hall–Kier alpha value is -0.320. The predicted molar refractivity (Wildman–Crippen MR) is 76.2 cm³/mol. The van der Waals surface area contributed by atoms with Crippen LogP contribution in [0.15, 0.2) is 0 Å². The monoisotopic (exact) mass is 394 g/mol. The van der Waals surface area contributed by atoms with E-state index in [1.807, 2.05) is 0 Å². The molecule has 0 amide bonds. The average molecular weight is 394 g/mol. The third-order valence-corrected chi connectivity index (χ3v) is 2.63. The second kappa shape index (κ2) is 18.5. The van der Waals surface area contributed by atoms with E-state index in [2.05, 4.69) is 5.32 Å². The van der Waals surface area contributed by atoms with Gasteiger partial charge in [0, 0.05) is 6.04 Å². The van der Waals surface area contributed by atoms with Gasteiger partial charge in [-0.15, -0.1) is 0 Å². The molecule has 0 spiro atoms. The molecule has 13 N–H and O–H groups in total. The second-order valence-electron chi connectivity index (χ2n) is 4.25. The molecule has 0 bridgehead atoms. The predicted octanol–water partition coefficient (Wildman–Crippen LogP) is -10.1. The van der Waals surface area contributed by atoms with Gasteiger partial charge in [-0.2, -0.15) is 0 Å². The fourth-order valence-corrected chi connectivity index (χ4v) is 1.76. The second-order valence-corrected chi connectivity index (χ2v) is 4.25. The van der Waals surface area contributed by atoms with E-state index in [0.29, 0.717) is 0 Å². The quantitative estimate of drug-likeness (QED) is 0.190. The molecule has 1 atom stereocenters. The molecule has 0 fully saturated rings. The molecule has 0 saturated heterocycles. The van der Waals surface area contributed by atoms with Crippen LogP contribution in [0, 0.1) is 0 Å². The molecule has 0 aliphatic heterocycles. The molecule has 0 heterocycles. The van der Waals surface area contributed by atoms with Crippen LogP contribution >= 0.6 is 0 Å². The van der Waals surface area contributed by atoms with Gasteiger partial charge >= 0.3 is 83.0 Å². The van der Waals surface area contributed by atoms with E-state index in [1.54, 1.807) is 0 Å². The zero-order chi connectivity index (χ0) is 15.9. The third kappa shape index (κ3) is 16.9. The first-order valence-corrected chi connectivity index (χ1v) is 5.47. The van der Waals surface area contributed by atoms with Gasteiger partial charge in [0.05, 0.1) is 31.3 Å². The first-order chi connectivity index (χ1) is 9.09. The van der Waals surface area contributed by atoms with Crippen LogP contribution in [0.3, 0.4) is 0 Å². The van der Waals surface area contributed by atoms with Crippen molar-refractivity contribution in [2.45, 2.75) is 30.8 Å². The maximum atomic E-state index is 10.8. The van der Waals surface area contributed by atoms with Crippen molar-refractivity contribution < 1.29 is 118 Å². The minimum atomic E-state index is -1.87. The Morgan fingerprint density at radius 1 is 0.840 bits per heavy atom. The Bertz CT molecular complexity index is 416. The molecule has 25 heavy (non-hydrogen) atoms. The number of carboxylic acids is 4. The molecule has 142 valence electrons. The van der Waals surface area contributed by atoms with Gasteiger partial charge < -0.3 is 45.4 Å². The summed E-state index contributed by atoms with van der Waals surface area (Å²) in [6.45, 7) is -0.742. The summed E-state index contributed by atoms with van der Waals surface area (Å²) < 4.78 is 0. The zero-order valence-corrected chi connectivity index (χ0v) is 17.9. The van der Waals surface area contributed by atoms with E-state index >= 15 is 0 Å². The van der Waals surface area contributed by atoms with E-state index in [-0.39, 0.29) is 78.4 Å². The van der Waals surface area contributed by atoms with Crippen molar-refractivity contribution in [3.05, 3.63) is 0 Å². The average Bonchev–Trinajstić information content (AvgIpc) is 2.23. The summed E-state index contributed by atoms with van der Waals surface area (Å²) in [4.78, 5) is 42.9. The van der Waals surface area contributed by atoms with E-state index < -0.39 is 61.3 Å². The normalized spacial score (nSPS) is 10.1. The number of rotatable bonds is 10. The smallest absolute Gasteiger partial charge is 1.00 e. The summed E-state index contributed by atoms with van der Waals surface area (Å²) in [5.41, 5.74) is 3.71. The van der Waals surface area contributed by atoms with Gasteiger partial charge in [0.2, 0.25) is 0 Å². The number of nitrogens with one attached hydrogen (secondary N) is 1. The number of hydrogen-bond donors (Lipinski definition) is 6. The molecule has 0 aromatic heterocycles. The van der Waals surface area contributed by atoms with E-state index in [9.17, 15) is 19.2 Å². The summed E-state index contributed by atoms with van der Waals surface area (Å²) in [5, 5.41) is 37.2. The van der Waals surface area contributed by atoms with Crippen molar-refractivity contribution >= 4 is 23.9 Å². The van der Waals surface area contributed by atoms with Crippen molar-refractivity contribution in [1.29, 1.82) is 0 Å². The summed E-state index contributed by atoms with van der Waals surface area (Å²) in [5.74, 6) is -5.56. The molecule has 0 aliphatic rings. The number of carbonyl (C=O) groups is 4. The molecule has 15 heteroatoms. The molecule has 0 aromatic carbocycles. The van der Waals surface area contributed by atoms with Crippen LogP contribution in [-0.4, -0.2) is 78.9 Å². The maximum absolute atomic E-state index is 10.8. The van der Waals surface area contributed by atoms with Crippen LogP contribution < -0.4 is 70.2 Å². The number of carboxylic acid groups (broad SMARTS) is 4. The summed E-state index contributed by atoms with van der Waals surface area (Å²) in [6, 6.07) is -1.38. The Morgan fingerprint density at radius 3 is 1.44 bits per heavy atom. The van der Waals surface area contributed by atoms with Gasteiger partial charge in [0.1, 0.15) is 0 Å². The van der Waals surface area contributed by atoms with Crippen molar-refractivity contribution in [3.8, 4) is 0 Å². The molecule has 1 unspecified atom stereocenters. The zero-order valence-electron chi connectivity index (χ0n) is 15.9. The summed E-state index contributed by atoms with van der Waals surface area (Å²) in [7, 11) is 0. The maximum Gasteiger partial charge on any atom is 1.00 e. The van der Waals surface area contributed by atoms with Crippen LogP contribution in [0.5, 0.6) is 0 Å². The topological polar surface area (TPSA) is 282 Å². The minimum Gasteiger partial charge on any atom is -1.00 e. The van der Waals surface area contributed by atoms with Crippen molar-refractivity contribution in [2.24, 2.45) is 5.73 Å². The standard InChI is InChI=1S/C10H16N2O8.2Na.3H2O.2H/c11-5(1-6(13)14)10(2-7(15)16,3-8(17)18)12-4-9(19)20;;;;;;;/h5,12H,1-4,11H2,(H,13,14)(H,15,16)(H,17,18)(H,19,20);;;3*1H2;;/q;2*+1;;;;2*-1. The van der Waals surface area contributed by atoms with Gasteiger partial charge in [-0.05, 0) is 0 Å². The van der Waals surface area contributed by atoms with Gasteiger partial charge in [0.15, 0.2) is 0 Å². The first kappa shape index (κ1) is 39.7. The first-order valence-electron chi connectivity index (χ1n) is 5.47. The molecule has 0 radical (unpaired) electrons. The van der Waals surface area contributed by atoms with E-state index in [1.165, 1.54) is 0 Å². The largest absolute Gasteiger partial charge is 1.00 e. The summed E-state index contributed by atoms with van der Waals surface area (Å²) >= 11 is 0. The molecule has 13 nitrogen and oxygen atoms in total. The van der Waals surface area contributed by atoms with Crippen LogP contribution in [-0.2, 0) is 19.2 Å². The molecule has 0 rings (SSSR count). The molecule has 0 aliphatic carbocycles. The Balaban J connectivity index is -0.0000000860. The SMILES string of the molecule is NC(CC(=O)O)C(CC(=O)O)(CC(=O)O)NCC(=O)O.O.O.O.[H-].[H-].[Na+].[Na+]. The number of hydrogen-bond acceptors (Lipinski definition) is 6. The van der Waals surface area contributed by atoms with Crippen LogP contribution in [0.25, 0.3) is 0 Å². The van der Waals surface area contributed by atoms with E-state index in [0.717, 1.165) is 0 Å². The minimum absolute atomic E-state index is 0. The van der Waals surface area contributed by atoms with Gasteiger partial charge in [-0.25, -0.2) is 0 Å². The molecular formula is C10H24N2Na2O11.